The van der Waals surface area contributed by atoms with Gasteiger partial charge in [0.05, 0.1) is 10.6 Å². The number of nitro groups is 1. The molecule has 6 nitrogen and oxygen atoms in total. The number of para-hydroxylation sites is 1. The van der Waals surface area contributed by atoms with Gasteiger partial charge in [-0.2, -0.15) is 4.99 Å². The summed E-state index contributed by atoms with van der Waals surface area (Å²) in [6.07, 6.45) is 0. The maximum atomic E-state index is 12.6. The molecule has 1 heterocycles. The lowest BCUT2D eigenvalue weighted by molar-refractivity contribution is -0.384. The Kier molecular flexibility index (Phi) is 6.71. The molecule has 0 bridgehead atoms. The number of aromatic nitrogens is 1. The number of non-ortho nitro benzene ring substituents is 1. The fourth-order valence-corrected chi connectivity index (χ4v) is 3.81. The lowest BCUT2D eigenvalue weighted by Crippen LogP contribution is -3.00. The first-order valence-electron chi connectivity index (χ1n) is 8.78. The number of carbonyl (C=O) groups excluding carboxylic acids is 1. The maximum Gasteiger partial charge on any atom is 0.279 e. The minimum atomic E-state index is -0.429. The molecular formula is C22H15BrN3O3S-. The Morgan fingerprint density at radius 3 is 2.10 bits per heavy atom. The SMILES string of the molecule is O=C(N=c1scc(-c2ccc([N+](=O)[O-])cc2)n1-c1ccccc1)c1ccccc1.[Br-]. The van der Waals surface area contributed by atoms with Crippen LogP contribution in [0.5, 0.6) is 0 Å². The molecule has 0 aliphatic rings. The molecule has 30 heavy (non-hydrogen) atoms. The summed E-state index contributed by atoms with van der Waals surface area (Å²) in [5, 5.41) is 12.8. The van der Waals surface area contributed by atoms with Crippen molar-refractivity contribution < 1.29 is 26.7 Å². The molecule has 0 fully saturated rings. The van der Waals surface area contributed by atoms with E-state index in [0.717, 1.165) is 16.9 Å². The average molecular weight is 481 g/mol. The number of hydrogen-bond donors (Lipinski definition) is 0. The average Bonchev–Trinajstić information content (AvgIpc) is 3.18. The number of hydrogen-bond acceptors (Lipinski definition) is 4. The molecule has 0 aliphatic heterocycles. The Bertz CT molecular complexity index is 1230. The van der Waals surface area contributed by atoms with Gasteiger partial charge in [-0.05, 0) is 42.0 Å². The molecule has 4 rings (SSSR count). The smallest absolute Gasteiger partial charge is 0.279 e. The number of halogens is 1. The molecular weight excluding hydrogens is 466 g/mol. The zero-order valence-electron chi connectivity index (χ0n) is 15.5. The number of nitro benzene ring substituents is 1. The van der Waals surface area contributed by atoms with Crippen LogP contribution in [0.1, 0.15) is 10.4 Å². The second kappa shape index (κ2) is 9.43. The number of thiazole rings is 1. The summed E-state index contributed by atoms with van der Waals surface area (Å²) in [6.45, 7) is 0. The van der Waals surface area contributed by atoms with Gasteiger partial charge in [-0.15, -0.1) is 11.3 Å². The highest BCUT2D eigenvalue weighted by atomic mass is 79.9. The van der Waals surface area contributed by atoms with Crippen molar-refractivity contribution in [2.24, 2.45) is 4.99 Å². The van der Waals surface area contributed by atoms with E-state index < -0.39 is 4.92 Å². The quantitative estimate of drug-likeness (QED) is 0.330. The van der Waals surface area contributed by atoms with Crippen LogP contribution in [0.4, 0.5) is 5.69 Å². The Balaban J connectivity index is 0.00000256. The largest absolute Gasteiger partial charge is 1.00 e. The lowest BCUT2D eigenvalue weighted by atomic mass is 10.1. The van der Waals surface area contributed by atoms with Crippen LogP contribution in [-0.4, -0.2) is 15.4 Å². The predicted molar refractivity (Wildman–Crippen MR) is 112 cm³/mol. The van der Waals surface area contributed by atoms with Crippen molar-refractivity contribution in [1.29, 1.82) is 0 Å². The van der Waals surface area contributed by atoms with Gasteiger partial charge in [0.2, 0.25) is 0 Å². The van der Waals surface area contributed by atoms with Gasteiger partial charge < -0.3 is 17.0 Å². The zero-order valence-corrected chi connectivity index (χ0v) is 17.9. The van der Waals surface area contributed by atoms with E-state index in [0.29, 0.717) is 10.4 Å². The first-order chi connectivity index (χ1) is 14.1. The molecule has 0 atom stereocenters. The van der Waals surface area contributed by atoms with Crippen LogP contribution in [0.25, 0.3) is 16.9 Å². The normalized spacial score (nSPS) is 11.0. The monoisotopic (exact) mass is 480 g/mol. The summed E-state index contributed by atoms with van der Waals surface area (Å²) in [5.41, 5.74) is 2.98. The minimum Gasteiger partial charge on any atom is -1.00 e. The third-order valence-electron chi connectivity index (χ3n) is 4.31. The fraction of sp³-hybridized carbons (Fsp3) is 0. The number of amides is 1. The highest BCUT2D eigenvalue weighted by molar-refractivity contribution is 7.07. The molecule has 0 spiro atoms. The Hall–Kier alpha value is -3.36. The third kappa shape index (κ3) is 4.45. The summed E-state index contributed by atoms with van der Waals surface area (Å²) in [5.74, 6) is -0.326. The van der Waals surface area contributed by atoms with Gasteiger partial charge in [0.25, 0.3) is 11.6 Å². The highest BCUT2D eigenvalue weighted by Crippen LogP contribution is 2.25. The van der Waals surface area contributed by atoms with E-state index in [2.05, 4.69) is 4.99 Å². The number of rotatable bonds is 4. The third-order valence-corrected chi connectivity index (χ3v) is 5.14. The Morgan fingerprint density at radius 2 is 1.50 bits per heavy atom. The van der Waals surface area contributed by atoms with E-state index >= 15 is 0 Å². The lowest BCUT2D eigenvalue weighted by Gasteiger charge is -2.09. The van der Waals surface area contributed by atoms with Gasteiger partial charge in [-0.3, -0.25) is 19.5 Å². The van der Waals surface area contributed by atoms with Crippen molar-refractivity contribution in [3.8, 4) is 16.9 Å². The van der Waals surface area contributed by atoms with Crippen molar-refractivity contribution in [3.05, 3.63) is 111 Å². The number of carbonyl (C=O) groups is 1. The van der Waals surface area contributed by atoms with Crippen molar-refractivity contribution >= 4 is 22.9 Å². The molecule has 0 N–H and O–H groups in total. The van der Waals surface area contributed by atoms with Crippen LogP contribution in [0.15, 0.2) is 95.3 Å². The second-order valence-electron chi connectivity index (χ2n) is 6.16. The molecule has 150 valence electrons. The molecule has 8 heteroatoms. The molecule has 0 saturated carbocycles. The zero-order chi connectivity index (χ0) is 20.2. The minimum absolute atomic E-state index is 0. The van der Waals surface area contributed by atoms with E-state index in [-0.39, 0.29) is 28.6 Å². The Labute approximate surface area is 186 Å². The first kappa shape index (κ1) is 21.4. The van der Waals surface area contributed by atoms with Crippen molar-refractivity contribution in [1.82, 2.24) is 4.57 Å². The topological polar surface area (TPSA) is 77.5 Å². The van der Waals surface area contributed by atoms with Crippen LogP contribution in [0.2, 0.25) is 0 Å². The highest BCUT2D eigenvalue weighted by Gasteiger charge is 2.13. The molecule has 1 aromatic heterocycles. The molecule has 4 aromatic rings. The summed E-state index contributed by atoms with van der Waals surface area (Å²) < 4.78 is 1.88. The van der Waals surface area contributed by atoms with E-state index in [9.17, 15) is 14.9 Å². The van der Waals surface area contributed by atoms with E-state index in [1.165, 1.54) is 23.5 Å². The Morgan fingerprint density at radius 1 is 0.900 bits per heavy atom. The first-order valence-corrected chi connectivity index (χ1v) is 9.66. The molecule has 0 unspecified atom stereocenters. The van der Waals surface area contributed by atoms with Crippen molar-refractivity contribution in [2.45, 2.75) is 0 Å². The van der Waals surface area contributed by atoms with Gasteiger partial charge in [-0.25, -0.2) is 0 Å². The van der Waals surface area contributed by atoms with Gasteiger partial charge in [0.1, 0.15) is 0 Å². The summed E-state index contributed by atoms with van der Waals surface area (Å²) in [6, 6.07) is 24.8. The van der Waals surface area contributed by atoms with Gasteiger partial charge in [0.15, 0.2) is 4.80 Å². The van der Waals surface area contributed by atoms with Crippen LogP contribution in [-0.2, 0) is 0 Å². The molecule has 1 amide bonds. The molecule has 3 aromatic carbocycles. The number of benzene rings is 3. The van der Waals surface area contributed by atoms with Crippen molar-refractivity contribution in [2.75, 3.05) is 0 Å². The molecule has 0 aliphatic carbocycles. The van der Waals surface area contributed by atoms with E-state index in [1.54, 1.807) is 36.4 Å². The van der Waals surface area contributed by atoms with Gasteiger partial charge in [0, 0.05) is 28.8 Å². The predicted octanol–water partition coefficient (Wildman–Crippen LogP) is 1.86. The van der Waals surface area contributed by atoms with E-state index in [4.69, 9.17) is 0 Å². The second-order valence-corrected chi connectivity index (χ2v) is 7.00. The van der Waals surface area contributed by atoms with Gasteiger partial charge in [-0.1, -0.05) is 36.4 Å². The van der Waals surface area contributed by atoms with Crippen molar-refractivity contribution in [3.63, 3.8) is 0 Å². The van der Waals surface area contributed by atoms with Crippen LogP contribution < -0.4 is 21.8 Å². The summed E-state index contributed by atoms with van der Waals surface area (Å²) in [7, 11) is 0. The van der Waals surface area contributed by atoms with E-state index in [1.807, 2.05) is 46.3 Å². The van der Waals surface area contributed by atoms with Gasteiger partial charge >= 0.3 is 0 Å². The fourth-order valence-electron chi connectivity index (χ4n) is 2.90. The molecule has 0 radical (unpaired) electrons. The maximum absolute atomic E-state index is 12.6. The summed E-state index contributed by atoms with van der Waals surface area (Å²) in [4.78, 5) is 28.0. The van der Waals surface area contributed by atoms with Crippen LogP contribution in [0, 0.1) is 10.1 Å². The van der Waals surface area contributed by atoms with Crippen LogP contribution >= 0.6 is 11.3 Å². The molecule has 0 saturated heterocycles. The number of nitrogens with zero attached hydrogens (tertiary/aromatic N) is 3. The van der Waals surface area contributed by atoms with Crippen LogP contribution in [0.3, 0.4) is 0 Å². The summed E-state index contributed by atoms with van der Waals surface area (Å²) >= 11 is 1.34. The standard InChI is InChI=1S/C22H15N3O3S.BrH/c26-21(17-7-3-1-4-8-17)23-22-24(18-9-5-2-6-10-18)20(15-29-22)16-11-13-19(14-12-16)25(27)28;/h1-15H;1H/p-1.